The Hall–Kier alpha value is -2.48. The third-order valence-corrected chi connectivity index (χ3v) is 7.54. The first kappa shape index (κ1) is 23.7. The third kappa shape index (κ3) is 4.90. The number of likely N-dealkylation sites (tertiary alicyclic amines) is 1. The highest BCUT2D eigenvalue weighted by atomic mass is 35.5. The standard InChI is InChI=1S/C25H28ClN3O3S/c1-4-19(20-10-15(26)9-14(2)24(20)32-17-6-5-16(27)11-17)25-21(28-3)12-18(33-25)13-29-22(30)7-8-23(29)31/h4,9-10,12,16-17H,3,5-8,11,13,27H2,1-2H3/b19-4-/t16-,17-/m1/s1. The Morgan fingerprint density at radius 2 is 2.03 bits per heavy atom. The summed E-state index contributed by atoms with van der Waals surface area (Å²) in [6.45, 7) is 7.94. The molecular weight excluding hydrogens is 458 g/mol. The molecule has 1 aromatic carbocycles. The average molecular weight is 486 g/mol. The minimum absolute atomic E-state index is 0.0693. The number of hydrogen-bond acceptors (Lipinski definition) is 6. The highest BCUT2D eigenvalue weighted by Crippen LogP contribution is 2.44. The van der Waals surface area contributed by atoms with E-state index in [0.717, 1.165) is 51.5 Å². The summed E-state index contributed by atoms with van der Waals surface area (Å²) in [4.78, 5) is 31.5. The van der Waals surface area contributed by atoms with Crippen LogP contribution in [0.1, 0.15) is 59.9 Å². The molecule has 4 rings (SSSR count). The van der Waals surface area contributed by atoms with Crippen molar-refractivity contribution in [2.24, 2.45) is 10.7 Å². The molecule has 2 amide bonds. The lowest BCUT2D eigenvalue weighted by Crippen LogP contribution is -2.27. The van der Waals surface area contributed by atoms with E-state index in [1.54, 1.807) is 0 Å². The van der Waals surface area contributed by atoms with Crippen molar-refractivity contribution in [3.8, 4) is 5.75 Å². The number of rotatable bonds is 7. The molecule has 2 fully saturated rings. The molecule has 0 radical (unpaired) electrons. The average Bonchev–Trinajstić information content (AvgIpc) is 3.46. The number of carbonyl (C=O) groups excluding carboxylic acids is 2. The highest BCUT2D eigenvalue weighted by molar-refractivity contribution is 7.13. The van der Waals surface area contributed by atoms with Gasteiger partial charge in [-0.05, 0) is 63.6 Å². The molecule has 2 heterocycles. The molecule has 2 aromatic rings. The summed E-state index contributed by atoms with van der Waals surface area (Å²) in [5.41, 5.74) is 9.57. The van der Waals surface area contributed by atoms with Crippen molar-refractivity contribution < 1.29 is 14.3 Å². The zero-order valence-corrected chi connectivity index (χ0v) is 20.5. The number of allylic oxidation sites excluding steroid dienone is 1. The van der Waals surface area contributed by atoms with Crippen LogP contribution in [-0.4, -0.2) is 35.6 Å². The zero-order chi connectivity index (χ0) is 23.7. The van der Waals surface area contributed by atoms with Crippen molar-refractivity contribution >= 4 is 52.7 Å². The Morgan fingerprint density at radius 3 is 2.64 bits per heavy atom. The van der Waals surface area contributed by atoms with Crippen LogP contribution in [0.3, 0.4) is 0 Å². The van der Waals surface area contributed by atoms with Gasteiger partial charge in [-0.25, -0.2) is 0 Å². The molecule has 1 saturated heterocycles. The molecule has 0 spiro atoms. The molecule has 8 heteroatoms. The Labute approximate surface area is 203 Å². The van der Waals surface area contributed by atoms with Crippen LogP contribution in [0.15, 0.2) is 29.3 Å². The van der Waals surface area contributed by atoms with Crippen LogP contribution >= 0.6 is 22.9 Å². The quantitative estimate of drug-likeness (QED) is 0.420. The summed E-state index contributed by atoms with van der Waals surface area (Å²) >= 11 is 7.96. The lowest BCUT2D eigenvalue weighted by atomic mass is 9.99. The summed E-state index contributed by atoms with van der Waals surface area (Å²) in [7, 11) is 0. The van der Waals surface area contributed by atoms with E-state index in [1.807, 2.05) is 38.1 Å². The molecular formula is C25H28ClN3O3S. The van der Waals surface area contributed by atoms with Gasteiger partial charge in [0.05, 0.1) is 17.1 Å². The number of ether oxygens (including phenoxy) is 1. The maximum atomic E-state index is 12.1. The first-order chi connectivity index (χ1) is 15.8. The number of imide groups is 1. The van der Waals surface area contributed by atoms with Gasteiger partial charge >= 0.3 is 0 Å². The second-order valence-electron chi connectivity index (χ2n) is 8.57. The highest BCUT2D eigenvalue weighted by Gasteiger charge is 2.30. The molecule has 1 saturated carbocycles. The minimum Gasteiger partial charge on any atom is -0.489 e. The monoisotopic (exact) mass is 485 g/mol. The van der Waals surface area contributed by atoms with Crippen LogP contribution in [0.4, 0.5) is 5.69 Å². The summed E-state index contributed by atoms with van der Waals surface area (Å²) in [6, 6.07) is 5.87. The summed E-state index contributed by atoms with van der Waals surface area (Å²) in [6.07, 6.45) is 5.33. The first-order valence-electron chi connectivity index (χ1n) is 11.1. The van der Waals surface area contributed by atoms with Crippen LogP contribution in [0.2, 0.25) is 5.02 Å². The second-order valence-corrected chi connectivity index (χ2v) is 10.1. The molecule has 0 unspecified atom stereocenters. The van der Waals surface area contributed by atoms with E-state index < -0.39 is 0 Å². The van der Waals surface area contributed by atoms with Crippen molar-refractivity contribution in [2.45, 2.75) is 64.6 Å². The van der Waals surface area contributed by atoms with Crippen LogP contribution in [0, 0.1) is 6.92 Å². The van der Waals surface area contributed by atoms with Crippen molar-refractivity contribution in [1.82, 2.24) is 4.90 Å². The zero-order valence-electron chi connectivity index (χ0n) is 18.9. The van der Waals surface area contributed by atoms with Crippen LogP contribution in [0.25, 0.3) is 5.57 Å². The van der Waals surface area contributed by atoms with Gasteiger partial charge < -0.3 is 10.5 Å². The maximum Gasteiger partial charge on any atom is 0.230 e. The predicted molar refractivity (Wildman–Crippen MR) is 134 cm³/mol. The minimum atomic E-state index is -0.134. The van der Waals surface area contributed by atoms with Crippen molar-refractivity contribution in [1.29, 1.82) is 0 Å². The number of carbonyl (C=O) groups is 2. The molecule has 2 atom stereocenters. The van der Waals surface area contributed by atoms with Gasteiger partial charge in [-0.1, -0.05) is 17.7 Å². The smallest absolute Gasteiger partial charge is 0.230 e. The number of amides is 2. The van der Waals surface area contributed by atoms with Crippen molar-refractivity contribution in [2.75, 3.05) is 0 Å². The third-order valence-electron chi connectivity index (χ3n) is 6.18. The van der Waals surface area contributed by atoms with Gasteiger partial charge in [0.2, 0.25) is 11.8 Å². The maximum absolute atomic E-state index is 12.1. The molecule has 2 aliphatic rings. The first-order valence-corrected chi connectivity index (χ1v) is 12.3. The number of halogens is 1. The number of aryl methyl sites for hydroxylation is 1. The number of aliphatic imine (C=N–C) groups is 1. The van der Waals surface area contributed by atoms with Gasteiger partial charge in [-0.2, -0.15) is 0 Å². The Morgan fingerprint density at radius 1 is 1.30 bits per heavy atom. The van der Waals surface area contributed by atoms with Gasteiger partial charge in [0, 0.05) is 39.9 Å². The molecule has 1 aliphatic heterocycles. The fourth-order valence-corrected chi connectivity index (χ4v) is 5.98. The van der Waals surface area contributed by atoms with E-state index >= 15 is 0 Å². The van der Waals surface area contributed by atoms with Crippen LogP contribution < -0.4 is 10.5 Å². The summed E-state index contributed by atoms with van der Waals surface area (Å²) in [5, 5.41) is 0.621. The van der Waals surface area contributed by atoms with Gasteiger partial charge in [-0.3, -0.25) is 19.5 Å². The van der Waals surface area contributed by atoms with E-state index in [0.29, 0.717) is 10.7 Å². The van der Waals surface area contributed by atoms with Crippen LogP contribution in [0.5, 0.6) is 5.75 Å². The Kier molecular flexibility index (Phi) is 7.02. The largest absolute Gasteiger partial charge is 0.489 e. The van der Waals surface area contributed by atoms with Crippen LogP contribution in [-0.2, 0) is 16.1 Å². The number of nitrogens with two attached hydrogens (primary N) is 1. The molecule has 1 aromatic heterocycles. The normalized spacial score (nSPS) is 21.2. The molecule has 2 N–H and O–H groups in total. The molecule has 6 nitrogen and oxygen atoms in total. The fourth-order valence-electron chi connectivity index (χ4n) is 4.52. The summed E-state index contributed by atoms with van der Waals surface area (Å²) < 4.78 is 6.46. The van der Waals surface area contributed by atoms with Gasteiger partial charge in [0.1, 0.15) is 11.9 Å². The molecule has 33 heavy (non-hydrogen) atoms. The summed E-state index contributed by atoms with van der Waals surface area (Å²) in [5.74, 6) is 0.525. The van der Waals surface area contributed by atoms with Crippen molar-refractivity contribution in [3.05, 3.63) is 50.2 Å². The molecule has 174 valence electrons. The van der Waals surface area contributed by atoms with E-state index in [-0.39, 0.29) is 43.3 Å². The van der Waals surface area contributed by atoms with E-state index in [2.05, 4.69) is 11.7 Å². The van der Waals surface area contributed by atoms with Gasteiger partial charge in [0.15, 0.2) is 0 Å². The van der Waals surface area contributed by atoms with E-state index in [1.165, 1.54) is 16.2 Å². The molecule has 1 aliphatic carbocycles. The SMILES string of the molecule is C=Nc1cc(CN2C(=O)CCC2=O)sc1/C(=C\C)c1cc(Cl)cc(C)c1O[C@@H]1CC[C@@H](N)C1. The topological polar surface area (TPSA) is 85.0 Å². The fraction of sp³-hybridized carbons (Fsp3) is 0.400. The number of thiophene rings is 1. The predicted octanol–water partition coefficient (Wildman–Crippen LogP) is 5.40. The number of hydrogen-bond donors (Lipinski definition) is 1. The van der Waals surface area contributed by atoms with Crippen molar-refractivity contribution in [3.63, 3.8) is 0 Å². The second kappa shape index (κ2) is 9.79. The van der Waals surface area contributed by atoms with E-state index in [4.69, 9.17) is 22.1 Å². The number of benzene rings is 1. The van der Waals surface area contributed by atoms with E-state index in [9.17, 15) is 9.59 Å². The Bertz CT molecular complexity index is 1120. The van der Waals surface area contributed by atoms with Gasteiger partial charge in [0.25, 0.3) is 0 Å². The number of nitrogens with zero attached hydrogens (tertiary/aromatic N) is 2. The lowest BCUT2D eigenvalue weighted by molar-refractivity contribution is -0.138. The Balaban J connectivity index is 1.72. The lowest BCUT2D eigenvalue weighted by Gasteiger charge is -2.21. The molecule has 0 bridgehead atoms. The van der Waals surface area contributed by atoms with Gasteiger partial charge in [-0.15, -0.1) is 11.3 Å².